The Morgan fingerprint density at radius 3 is 2.11 bits per heavy atom. The lowest BCUT2D eigenvalue weighted by molar-refractivity contribution is 0.525. The molecule has 0 fully saturated rings. The van der Waals surface area contributed by atoms with Crippen LogP contribution in [0.2, 0.25) is 5.02 Å². The van der Waals surface area contributed by atoms with Crippen LogP contribution in [0, 0.1) is 0 Å². The second kappa shape index (κ2) is 5.17. The van der Waals surface area contributed by atoms with Crippen LogP contribution in [0.1, 0.15) is 0 Å². The van der Waals surface area contributed by atoms with Crippen LogP contribution < -0.4 is 0 Å². The summed E-state index contributed by atoms with van der Waals surface area (Å²) in [4.78, 5) is 9.63. The number of hydrogen-bond donors (Lipinski definition) is 0. The fraction of sp³-hybridized carbons (Fsp3) is 0.125. The van der Waals surface area contributed by atoms with Gasteiger partial charge in [0.1, 0.15) is 0 Å². The predicted octanol–water partition coefficient (Wildman–Crippen LogP) is 0.541. The third kappa shape index (κ3) is 2.95. The summed E-state index contributed by atoms with van der Waals surface area (Å²) in [6.45, 7) is 0. The average molecular weight is 311 g/mol. The van der Waals surface area contributed by atoms with Crippen molar-refractivity contribution in [2.45, 2.75) is 4.90 Å². The number of isocyanates is 1. The van der Waals surface area contributed by atoms with E-state index in [0.29, 0.717) is 5.02 Å². The normalized spacial score (nSPS) is 12.2. The Morgan fingerprint density at radius 2 is 1.67 bits per heavy atom. The van der Waals surface area contributed by atoms with E-state index < -0.39 is 20.2 Å². The van der Waals surface area contributed by atoms with Crippen molar-refractivity contribution in [3.63, 3.8) is 0 Å². The van der Waals surface area contributed by atoms with Gasteiger partial charge in [-0.3, -0.25) is 0 Å². The van der Waals surface area contributed by atoms with E-state index in [-0.39, 0.29) is 8.61 Å². The number of benzene rings is 1. The van der Waals surface area contributed by atoms with Crippen LogP contribution in [0.4, 0.5) is 0 Å². The molecule has 7 nitrogen and oxygen atoms in total. The fourth-order valence-corrected chi connectivity index (χ4v) is 3.45. The minimum Gasteiger partial charge on any atom is -0.210 e. The number of carbonyl (C=O) groups excluding carboxylic acids is 1. The zero-order valence-electron chi connectivity index (χ0n) is 8.94. The van der Waals surface area contributed by atoms with Gasteiger partial charge in [-0.25, -0.2) is 13.2 Å². The van der Waals surface area contributed by atoms with Gasteiger partial charge in [-0.15, -0.1) is 0 Å². The van der Waals surface area contributed by atoms with Crippen molar-refractivity contribution in [3.8, 4) is 0 Å². The molecule has 18 heavy (non-hydrogen) atoms. The van der Waals surface area contributed by atoms with Crippen molar-refractivity contribution < 1.29 is 21.6 Å². The van der Waals surface area contributed by atoms with Gasteiger partial charge < -0.3 is 0 Å². The highest BCUT2D eigenvalue weighted by molar-refractivity contribution is 8.03. The van der Waals surface area contributed by atoms with Crippen molar-refractivity contribution in [2.24, 2.45) is 4.40 Å². The summed E-state index contributed by atoms with van der Waals surface area (Å²) >= 11 is 5.58. The third-order valence-electron chi connectivity index (χ3n) is 1.93. The van der Waals surface area contributed by atoms with E-state index in [9.17, 15) is 21.6 Å². The number of nitrogens with zero attached hydrogens (tertiary/aromatic N) is 2. The molecule has 1 aromatic rings. The van der Waals surface area contributed by atoms with Gasteiger partial charge in [0, 0.05) is 12.1 Å². The number of sulfonamides is 1. The Balaban J connectivity index is 3.32. The van der Waals surface area contributed by atoms with Crippen LogP contribution in [-0.4, -0.2) is 33.7 Å². The summed E-state index contributed by atoms with van der Waals surface area (Å²) in [6, 6.07) is 4.85. The molecular formula is C8H7ClN2O5S2. The Labute approximate surface area is 109 Å². The second-order valence-corrected chi connectivity index (χ2v) is 7.26. The summed E-state index contributed by atoms with van der Waals surface area (Å²) in [7, 11) is -8.17. The predicted molar refractivity (Wildman–Crippen MR) is 63.4 cm³/mol. The first-order chi connectivity index (χ1) is 8.21. The van der Waals surface area contributed by atoms with E-state index >= 15 is 0 Å². The van der Waals surface area contributed by atoms with Crippen LogP contribution in [-0.2, 0) is 25.0 Å². The van der Waals surface area contributed by atoms with Crippen molar-refractivity contribution in [1.82, 2.24) is 3.71 Å². The molecule has 0 bridgehead atoms. The molecule has 0 saturated heterocycles. The minimum atomic E-state index is -4.61. The summed E-state index contributed by atoms with van der Waals surface area (Å²) in [5, 5.41) is 0.297. The first-order valence-corrected chi connectivity index (χ1v) is 7.52. The zero-order valence-corrected chi connectivity index (χ0v) is 11.3. The Kier molecular flexibility index (Phi) is 4.25. The standard InChI is InChI=1S/C8H7ClN2O5S2/c1-11(18(15,16)10-6-12)17(13,14)8-4-2-7(9)3-5-8/h2-5H,1H3. The van der Waals surface area contributed by atoms with Gasteiger partial charge >= 0.3 is 10.2 Å². The lowest BCUT2D eigenvalue weighted by Gasteiger charge is -2.13. The van der Waals surface area contributed by atoms with E-state index in [1.807, 2.05) is 0 Å². The van der Waals surface area contributed by atoms with Crippen LogP contribution >= 0.6 is 11.6 Å². The van der Waals surface area contributed by atoms with Crippen LogP contribution in [0.15, 0.2) is 33.6 Å². The molecule has 98 valence electrons. The van der Waals surface area contributed by atoms with Crippen LogP contribution in [0.5, 0.6) is 0 Å². The highest BCUT2D eigenvalue weighted by Gasteiger charge is 2.31. The smallest absolute Gasteiger partial charge is 0.210 e. The molecule has 0 aromatic heterocycles. The molecule has 10 heteroatoms. The summed E-state index contributed by atoms with van der Waals surface area (Å²) in [5.41, 5.74) is 0. The molecule has 1 rings (SSSR count). The van der Waals surface area contributed by atoms with Gasteiger partial charge in [0.25, 0.3) is 16.1 Å². The molecule has 0 aliphatic rings. The van der Waals surface area contributed by atoms with E-state index in [2.05, 4.69) is 4.40 Å². The molecule has 0 heterocycles. The third-order valence-corrected chi connectivity index (χ3v) is 5.83. The van der Waals surface area contributed by atoms with Gasteiger partial charge in [-0.05, 0) is 24.3 Å². The lowest BCUT2D eigenvalue weighted by atomic mass is 10.4. The first-order valence-electron chi connectivity index (χ1n) is 4.30. The maximum Gasteiger partial charge on any atom is 0.345 e. The zero-order chi connectivity index (χ0) is 14.0. The van der Waals surface area contributed by atoms with Crippen molar-refractivity contribution in [1.29, 1.82) is 0 Å². The Bertz CT molecular complexity index is 690. The first kappa shape index (κ1) is 14.8. The van der Waals surface area contributed by atoms with E-state index in [1.54, 1.807) is 0 Å². The molecule has 1 aromatic carbocycles. The molecular weight excluding hydrogens is 304 g/mol. The van der Waals surface area contributed by atoms with E-state index in [0.717, 1.165) is 25.3 Å². The minimum absolute atomic E-state index is 0.0197. The maximum atomic E-state index is 11.9. The molecule has 0 saturated carbocycles. The SMILES string of the molecule is CN(S(=O)(=O)N=C=O)S(=O)(=O)c1ccc(Cl)cc1. The number of rotatable bonds is 4. The summed E-state index contributed by atoms with van der Waals surface area (Å²) in [5.74, 6) is 0. The highest BCUT2D eigenvalue weighted by Crippen LogP contribution is 2.19. The van der Waals surface area contributed by atoms with Crippen LogP contribution in [0.3, 0.4) is 0 Å². The Morgan fingerprint density at radius 1 is 1.17 bits per heavy atom. The number of hydrogen-bond acceptors (Lipinski definition) is 5. The summed E-state index contributed by atoms with van der Waals surface area (Å²) < 4.78 is 48.8. The van der Waals surface area contributed by atoms with Gasteiger partial charge in [0.15, 0.2) is 0 Å². The fourth-order valence-electron chi connectivity index (χ4n) is 0.984. The molecule has 0 radical (unpaired) electrons. The maximum absolute atomic E-state index is 11.9. The molecule has 0 aliphatic heterocycles. The van der Waals surface area contributed by atoms with Crippen molar-refractivity contribution in [3.05, 3.63) is 29.3 Å². The van der Waals surface area contributed by atoms with E-state index in [1.165, 1.54) is 12.1 Å². The molecule has 0 N–H and O–H groups in total. The molecule has 0 unspecified atom stereocenters. The molecule has 0 amide bonds. The van der Waals surface area contributed by atoms with Crippen molar-refractivity contribution >= 4 is 37.9 Å². The van der Waals surface area contributed by atoms with Gasteiger partial charge in [0.2, 0.25) is 0 Å². The second-order valence-electron chi connectivity index (χ2n) is 3.00. The van der Waals surface area contributed by atoms with Gasteiger partial charge in [-0.1, -0.05) is 19.7 Å². The molecule has 0 aliphatic carbocycles. The quantitative estimate of drug-likeness (QED) is 0.597. The van der Waals surface area contributed by atoms with E-state index in [4.69, 9.17) is 11.6 Å². The van der Waals surface area contributed by atoms with Gasteiger partial charge in [-0.2, -0.15) is 8.42 Å². The van der Waals surface area contributed by atoms with Crippen molar-refractivity contribution in [2.75, 3.05) is 7.05 Å². The topological polar surface area (TPSA) is 101 Å². The monoisotopic (exact) mass is 310 g/mol. The largest absolute Gasteiger partial charge is 0.345 e. The molecule has 0 atom stereocenters. The number of halogens is 1. The Hall–Kier alpha value is -1.25. The average Bonchev–Trinajstić information content (AvgIpc) is 2.28. The van der Waals surface area contributed by atoms with Crippen LogP contribution in [0.25, 0.3) is 0 Å². The highest BCUT2D eigenvalue weighted by atomic mass is 35.5. The molecule has 0 spiro atoms. The summed E-state index contributed by atoms with van der Waals surface area (Å²) in [6.07, 6.45) is 0.781. The lowest BCUT2D eigenvalue weighted by Crippen LogP contribution is -2.31. The van der Waals surface area contributed by atoms with Gasteiger partial charge in [0.05, 0.1) is 4.90 Å².